The van der Waals surface area contributed by atoms with E-state index >= 15 is 0 Å². The lowest BCUT2D eigenvalue weighted by molar-refractivity contribution is -0.137. The summed E-state index contributed by atoms with van der Waals surface area (Å²) in [7, 11) is 0. The second-order valence-electron chi connectivity index (χ2n) is 4.58. The minimum absolute atomic E-state index is 0.242. The minimum atomic E-state index is -4.37. The summed E-state index contributed by atoms with van der Waals surface area (Å²) < 4.78 is 37.1. The monoisotopic (exact) mass is 272 g/mol. The molecule has 1 unspecified atom stereocenters. The smallest absolute Gasteiger partial charge is 0.350 e. The highest BCUT2D eigenvalue weighted by molar-refractivity contribution is 5.94. The topological polar surface area (TPSA) is 41.1 Å². The van der Waals surface area contributed by atoms with Crippen molar-refractivity contribution >= 4 is 5.91 Å². The fourth-order valence-corrected chi connectivity index (χ4v) is 2.06. The molecule has 1 aliphatic heterocycles. The number of benzene rings is 1. The van der Waals surface area contributed by atoms with Gasteiger partial charge in [-0.25, -0.2) is 0 Å². The van der Waals surface area contributed by atoms with E-state index in [9.17, 15) is 18.0 Å². The zero-order chi connectivity index (χ0) is 13.9. The number of hydrogen-bond acceptors (Lipinski definition) is 2. The molecule has 1 amide bonds. The van der Waals surface area contributed by atoms with Gasteiger partial charge in [-0.2, -0.15) is 13.2 Å². The van der Waals surface area contributed by atoms with Crippen LogP contribution >= 0.6 is 0 Å². The third-order valence-electron chi connectivity index (χ3n) is 3.15. The average Bonchev–Trinajstić information content (AvgIpc) is 2.88. The van der Waals surface area contributed by atoms with Gasteiger partial charge < -0.3 is 10.6 Å². The zero-order valence-corrected chi connectivity index (χ0v) is 10.3. The lowest BCUT2D eigenvalue weighted by Gasteiger charge is -2.12. The number of amides is 1. The molecule has 1 heterocycles. The van der Waals surface area contributed by atoms with Crippen molar-refractivity contribution in [1.29, 1.82) is 0 Å². The Kier molecular flexibility index (Phi) is 4.09. The number of nitrogens with one attached hydrogen (secondary N) is 2. The maximum atomic E-state index is 12.4. The van der Waals surface area contributed by atoms with Crippen LogP contribution < -0.4 is 10.6 Å². The first-order valence-electron chi connectivity index (χ1n) is 6.15. The van der Waals surface area contributed by atoms with Crippen molar-refractivity contribution < 1.29 is 18.0 Å². The van der Waals surface area contributed by atoms with E-state index in [0.717, 1.165) is 31.5 Å². The summed E-state index contributed by atoms with van der Waals surface area (Å²) in [6.45, 7) is 1.45. The summed E-state index contributed by atoms with van der Waals surface area (Å²) in [6, 6.07) is 4.49. The summed E-state index contributed by atoms with van der Waals surface area (Å²) in [6.07, 6.45) is -2.28. The second-order valence-corrected chi connectivity index (χ2v) is 4.58. The standard InChI is InChI=1S/C13H15F3N2O/c14-13(15,16)10-5-3-9(4-6-10)12(19)18-8-11-2-1-7-17-11/h3-6,11,17H,1-2,7-8H2,(H,18,19). The molecule has 1 saturated heterocycles. The molecule has 0 radical (unpaired) electrons. The van der Waals surface area contributed by atoms with Crippen LogP contribution in [0, 0.1) is 0 Å². The molecule has 0 saturated carbocycles. The van der Waals surface area contributed by atoms with Crippen molar-refractivity contribution in [3.8, 4) is 0 Å². The number of hydrogen-bond donors (Lipinski definition) is 2. The molecule has 3 nitrogen and oxygen atoms in total. The molecule has 0 aliphatic carbocycles. The van der Waals surface area contributed by atoms with Crippen molar-refractivity contribution in [3.63, 3.8) is 0 Å². The molecule has 2 N–H and O–H groups in total. The third kappa shape index (κ3) is 3.70. The predicted molar refractivity (Wildman–Crippen MR) is 64.8 cm³/mol. The quantitative estimate of drug-likeness (QED) is 0.885. The van der Waals surface area contributed by atoms with Gasteiger partial charge in [0.15, 0.2) is 0 Å². The van der Waals surface area contributed by atoms with Crippen molar-refractivity contribution in [1.82, 2.24) is 10.6 Å². The van der Waals surface area contributed by atoms with E-state index in [1.807, 2.05) is 0 Å². The molecule has 1 aromatic rings. The normalized spacial score (nSPS) is 19.4. The summed E-state index contributed by atoms with van der Waals surface area (Å²) in [4.78, 5) is 11.7. The van der Waals surface area contributed by atoms with Gasteiger partial charge in [0.2, 0.25) is 0 Å². The lowest BCUT2D eigenvalue weighted by Crippen LogP contribution is -2.37. The van der Waals surface area contributed by atoms with E-state index in [4.69, 9.17) is 0 Å². The molecule has 19 heavy (non-hydrogen) atoms. The Morgan fingerprint density at radius 2 is 2.00 bits per heavy atom. The molecule has 104 valence electrons. The van der Waals surface area contributed by atoms with Gasteiger partial charge in [0, 0.05) is 18.2 Å². The van der Waals surface area contributed by atoms with Gasteiger partial charge in [0.25, 0.3) is 5.91 Å². The third-order valence-corrected chi connectivity index (χ3v) is 3.15. The van der Waals surface area contributed by atoms with Crippen LogP contribution in [-0.2, 0) is 6.18 Å². The van der Waals surface area contributed by atoms with E-state index in [1.54, 1.807) is 0 Å². The van der Waals surface area contributed by atoms with E-state index in [0.29, 0.717) is 6.54 Å². The van der Waals surface area contributed by atoms with Gasteiger partial charge in [0.05, 0.1) is 5.56 Å². The van der Waals surface area contributed by atoms with Gasteiger partial charge in [-0.05, 0) is 43.7 Å². The second kappa shape index (κ2) is 5.61. The van der Waals surface area contributed by atoms with Crippen LogP contribution in [0.2, 0.25) is 0 Å². The number of halogens is 3. The Hall–Kier alpha value is -1.56. The van der Waals surface area contributed by atoms with E-state index in [1.165, 1.54) is 12.1 Å². The van der Waals surface area contributed by atoms with E-state index in [2.05, 4.69) is 10.6 Å². The van der Waals surface area contributed by atoms with Crippen LogP contribution in [0.15, 0.2) is 24.3 Å². The minimum Gasteiger partial charge on any atom is -0.350 e. The first kappa shape index (κ1) is 13.9. The molecular weight excluding hydrogens is 257 g/mol. The molecule has 6 heteroatoms. The number of rotatable bonds is 3. The highest BCUT2D eigenvalue weighted by atomic mass is 19.4. The Balaban J connectivity index is 1.92. The van der Waals surface area contributed by atoms with Crippen LogP contribution in [0.4, 0.5) is 13.2 Å². The summed E-state index contributed by atoms with van der Waals surface area (Å²) >= 11 is 0. The highest BCUT2D eigenvalue weighted by Crippen LogP contribution is 2.29. The van der Waals surface area contributed by atoms with Gasteiger partial charge >= 0.3 is 6.18 Å². The summed E-state index contributed by atoms with van der Waals surface area (Å²) in [5, 5.41) is 5.95. The van der Waals surface area contributed by atoms with E-state index in [-0.39, 0.29) is 17.5 Å². The molecule has 0 bridgehead atoms. The highest BCUT2D eigenvalue weighted by Gasteiger charge is 2.30. The Morgan fingerprint density at radius 1 is 1.32 bits per heavy atom. The fraction of sp³-hybridized carbons (Fsp3) is 0.462. The molecule has 1 aliphatic rings. The first-order chi connectivity index (χ1) is 8.97. The predicted octanol–water partition coefficient (Wildman–Crippen LogP) is 2.19. The summed E-state index contributed by atoms with van der Waals surface area (Å²) in [5.41, 5.74) is -0.507. The maximum absolute atomic E-state index is 12.4. The van der Waals surface area contributed by atoms with Gasteiger partial charge in [-0.1, -0.05) is 0 Å². The van der Waals surface area contributed by atoms with Crippen LogP contribution in [0.3, 0.4) is 0 Å². The molecule has 1 atom stereocenters. The van der Waals surface area contributed by atoms with Crippen molar-refractivity contribution in [3.05, 3.63) is 35.4 Å². The molecular formula is C13H15F3N2O. The largest absolute Gasteiger partial charge is 0.416 e. The number of carbonyl (C=O) groups is 1. The number of carbonyl (C=O) groups excluding carboxylic acids is 1. The summed E-state index contributed by atoms with van der Waals surface area (Å²) in [5.74, 6) is -0.345. The molecule has 0 aromatic heterocycles. The SMILES string of the molecule is O=C(NCC1CCCN1)c1ccc(C(F)(F)F)cc1. The van der Waals surface area contributed by atoms with Crippen molar-refractivity contribution in [2.45, 2.75) is 25.1 Å². The van der Waals surface area contributed by atoms with E-state index < -0.39 is 11.7 Å². The molecule has 0 spiro atoms. The van der Waals surface area contributed by atoms with Gasteiger partial charge in [-0.3, -0.25) is 4.79 Å². The number of alkyl halides is 3. The van der Waals surface area contributed by atoms with Crippen LogP contribution in [-0.4, -0.2) is 25.0 Å². The van der Waals surface area contributed by atoms with Crippen molar-refractivity contribution in [2.24, 2.45) is 0 Å². The van der Waals surface area contributed by atoms with Crippen LogP contribution in [0.5, 0.6) is 0 Å². The maximum Gasteiger partial charge on any atom is 0.416 e. The fourth-order valence-electron chi connectivity index (χ4n) is 2.06. The van der Waals surface area contributed by atoms with Crippen molar-refractivity contribution in [2.75, 3.05) is 13.1 Å². The Bertz CT molecular complexity index is 436. The van der Waals surface area contributed by atoms with Gasteiger partial charge in [0.1, 0.15) is 0 Å². The van der Waals surface area contributed by atoms with Gasteiger partial charge in [-0.15, -0.1) is 0 Å². The molecule has 2 rings (SSSR count). The molecule has 1 fully saturated rings. The average molecular weight is 272 g/mol. The molecule has 1 aromatic carbocycles. The van der Waals surface area contributed by atoms with Crippen LogP contribution in [0.1, 0.15) is 28.8 Å². The Labute approximate surface area is 109 Å². The first-order valence-corrected chi connectivity index (χ1v) is 6.15. The van der Waals surface area contributed by atoms with Crippen LogP contribution in [0.25, 0.3) is 0 Å². The lowest BCUT2D eigenvalue weighted by atomic mass is 10.1. The Morgan fingerprint density at radius 3 is 2.53 bits per heavy atom. The zero-order valence-electron chi connectivity index (χ0n) is 10.3.